The molecule has 0 N–H and O–H groups in total. The van der Waals surface area contributed by atoms with Crippen molar-refractivity contribution in [1.29, 1.82) is 0 Å². The molecule has 0 fully saturated rings. The Morgan fingerprint density at radius 3 is 2.22 bits per heavy atom. The summed E-state index contributed by atoms with van der Waals surface area (Å²) < 4.78 is 0. The minimum absolute atomic E-state index is 0.0307. The number of para-hydroxylation sites is 1. The molecule has 0 radical (unpaired) electrons. The van der Waals surface area contributed by atoms with Gasteiger partial charge in [-0.25, -0.2) is 0 Å². The van der Waals surface area contributed by atoms with Gasteiger partial charge in [0.2, 0.25) is 0 Å². The molecular formula is C47H42N2. The van der Waals surface area contributed by atoms with E-state index < -0.39 is 0 Å². The van der Waals surface area contributed by atoms with Crippen LogP contribution in [0.1, 0.15) is 60.4 Å². The maximum absolute atomic E-state index is 2.61. The molecule has 2 nitrogen and oxygen atoms in total. The van der Waals surface area contributed by atoms with E-state index in [1.807, 2.05) is 0 Å². The van der Waals surface area contributed by atoms with Gasteiger partial charge >= 0.3 is 0 Å². The highest BCUT2D eigenvalue weighted by atomic mass is 15.2. The minimum Gasteiger partial charge on any atom is -0.364 e. The van der Waals surface area contributed by atoms with Crippen molar-refractivity contribution in [2.45, 2.75) is 50.1 Å². The van der Waals surface area contributed by atoms with Crippen LogP contribution < -0.4 is 9.80 Å². The first-order valence-corrected chi connectivity index (χ1v) is 17.8. The first kappa shape index (κ1) is 29.8. The summed E-state index contributed by atoms with van der Waals surface area (Å²) in [6, 6.07) is 45.8. The van der Waals surface area contributed by atoms with Gasteiger partial charge in [-0.2, -0.15) is 0 Å². The van der Waals surface area contributed by atoms with E-state index in [1.165, 1.54) is 61.6 Å². The number of nitrogens with zero attached hydrogens (tertiary/aromatic N) is 2. The van der Waals surface area contributed by atoms with Gasteiger partial charge in [-0.3, -0.25) is 0 Å². The molecule has 3 unspecified atom stereocenters. The van der Waals surface area contributed by atoms with Crippen molar-refractivity contribution in [1.82, 2.24) is 0 Å². The van der Waals surface area contributed by atoms with E-state index in [1.54, 1.807) is 0 Å². The zero-order valence-corrected chi connectivity index (χ0v) is 28.3. The van der Waals surface area contributed by atoms with Crippen molar-refractivity contribution in [3.8, 4) is 11.1 Å². The minimum atomic E-state index is -0.0307. The highest BCUT2D eigenvalue weighted by Crippen LogP contribution is 2.50. The van der Waals surface area contributed by atoms with Gasteiger partial charge in [0.05, 0.1) is 12.1 Å². The van der Waals surface area contributed by atoms with Crippen LogP contribution in [-0.4, -0.2) is 18.6 Å². The Hall–Kier alpha value is -5.34. The number of allylic oxidation sites excluding steroid dienone is 4. The Morgan fingerprint density at radius 1 is 0.673 bits per heavy atom. The van der Waals surface area contributed by atoms with Crippen LogP contribution in [0.15, 0.2) is 164 Å². The maximum Gasteiger partial charge on any atom is 0.0559 e. The molecule has 0 bridgehead atoms. The van der Waals surface area contributed by atoms with Crippen molar-refractivity contribution >= 4 is 22.6 Å². The van der Waals surface area contributed by atoms with Crippen LogP contribution in [0.5, 0.6) is 0 Å². The van der Waals surface area contributed by atoms with Crippen molar-refractivity contribution < 1.29 is 0 Å². The van der Waals surface area contributed by atoms with E-state index in [0.29, 0.717) is 12.0 Å². The summed E-state index contributed by atoms with van der Waals surface area (Å²) in [6.07, 6.45) is 18.2. The Kier molecular flexibility index (Phi) is 7.27. The molecule has 3 aliphatic carbocycles. The summed E-state index contributed by atoms with van der Waals surface area (Å²) >= 11 is 0. The zero-order valence-electron chi connectivity index (χ0n) is 28.3. The molecule has 3 atom stereocenters. The summed E-state index contributed by atoms with van der Waals surface area (Å²) in [5.74, 6) is 0.410. The summed E-state index contributed by atoms with van der Waals surface area (Å²) in [6.45, 7) is 5.75. The molecule has 5 aromatic carbocycles. The molecule has 1 heterocycles. The molecule has 9 rings (SSSR count). The van der Waals surface area contributed by atoms with Gasteiger partial charge < -0.3 is 9.80 Å². The topological polar surface area (TPSA) is 6.48 Å². The van der Waals surface area contributed by atoms with Gasteiger partial charge in [-0.05, 0) is 87.7 Å². The summed E-state index contributed by atoms with van der Waals surface area (Å²) in [4.78, 5) is 5.14. The van der Waals surface area contributed by atoms with E-state index in [2.05, 4.69) is 188 Å². The zero-order chi connectivity index (χ0) is 33.0. The van der Waals surface area contributed by atoms with Gasteiger partial charge in [0, 0.05) is 34.9 Å². The molecule has 240 valence electrons. The largest absolute Gasteiger partial charge is 0.364 e. The lowest BCUT2D eigenvalue weighted by Crippen LogP contribution is -2.33. The Bertz CT molecular complexity index is 2150. The highest BCUT2D eigenvalue weighted by Gasteiger charge is 2.36. The van der Waals surface area contributed by atoms with Crippen LogP contribution in [0.2, 0.25) is 0 Å². The van der Waals surface area contributed by atoms with Gasteiger partial charge in [0.1, 0.15) is 0 Å². The van der Waals surface area contributed by atoms with Crippen LogP contribution in [0.4, 0.5) is 17.1 Å². The van der Waals surface area contributed by atoms with Crippen LogP contribution in [0.25, 0.3) is 16.7 Å². The van der Waals surface area contributed by atoms with E-state index in [0.717, 1.165) is 19.4 Å². The van der Waals surface area contributed by atoms with E-state index >= 15 is 0 Å². The van der Waals surface area contributed by atoms with Gasteiger partial charge in [0.15, 0.2) is 0 Å². The number of benzene rings is 5. The summed E-state index contributed by atoms with van der Waals surface area (Å²) in [7, 11) is 0. The van der Waals surface area contributed by atoms with Gasteiger partial charge in [0.25, 0.3) is 0 Å². The quantitative estimate of drug-likeness (QED) is 0.183. The number of hydrogen-bond acceptors (Lipinski definition) is 2. The second-order valence-corrected chi connectivity index (χ2v) is 14.4. The van der Waals surface area contributed by atoms with Crippen LogP contribution in [0, 0.1) is 0 Å². The fraction of sp³-hybridized carbons (Fsp3) is 0.191. The van der Waals surface area contributed by atoms with Gasteiger partial charge in [-0.15, -0.1) is 0 Å². The van der Waals surface area contributed by atoms with E-state index in [9.17, 15) is 0 Å². The third-order valence-electron chi connectivity index (χ3n) is 11.3. The van der Waals surface area contributed by atoms with Crippen molar-refractivity contribution in [3.63, 3.8) is 0 Å². The summed E-state index contributed by atoms with van der Waals surface area (Å²) in [5, 5.41) is 0. The molecular weight excluding hydrogens is 593 g/mol. The van der Waals surface area contributed by atoms with E-state index in [-0.39, 0.29) is 11.5 Å². The fourth-order valence-electron chi connectivity index (χ4n) is 8.72. The summed E-state index contributed by atoms with van der Waals surface area (Å²) in [5.41, 5.74) is 14.8. The third kappa shape index (κ3) is 5.09. The lowest BCUT2D eigenvalue weighted by Gasteiger charge is -2.34. The Morgan fingerprint density at radius 2 is 1.43 bits per heavy atom. The van der Waals surface area contributed by atoms with Crippen molar-refractivity contribution in [3.05, 3.63) is 192 Å². The number of anilines is 3. The second kappa shape index (κ2) is 12.0. The third-order valence-corrected chi connectivity index (χ3v) is 11.3. The van der Waals surface area contributed by atoms with Gasteiger partial charge in [-0.1, -0.05) is 147 Å². The fourth-order valence-corrected chi connectivity index (χ4v) is 8.72. The lowest BCUT2D eigenvalue weighted by molar-refractivity contribution is 0.659. The molecule has 4 aliphatic rings. The molecule has 0 saturated heterocycles. The average molecular weight is 635 g/mol. The van der Waals surface area contributed by atoms with Crippen molar-refractivity contribution in [2.75, 3.05) is 16.3 Å². The Labute approximate surface area is 291 Å². The maximum atomic E-state index is 2.61. The molecule has 49 heavy (non-hydrogen) atoms. The van der Waals surface area contributed by atoms with Crippen LogP contribution in [0.3, 0.4) is 0 Å². The molecule has 0 amide bonds. The number of rotatable bonds is 6. The molecule has 2 heteroatoms. The molecule has 1 aliphatic heterocycles. The van der Waals surface area contributed by atoms with Crippen molar-refractivity contribution in [2.24, 2.45) is 0 Å². The molecule has 0 saturated carbocycles. The van der Waals surface area contributed by atoms with Crippen LogP contribution >= 0.6 is 0 Å². The smallest absolute Gasteiger partial charge is 0.0559 e. The van der Waals surface area contributed by atoms with Crippen LogP contribution in [-0.2, 0) is 5.41 Å². The molecule has 0 spiro atoms. The number of hydrogen-bond donors (Lipinski definition) is 0. The average Bonchev–Trinajstić information content (AvgIpc) is 3.66. The number of fused-ring (bicyclic) bond motifs is 4. The lowest BCUT2D eigenvalue weighted by atomic mass is 9.82. The Balaban J connectivity index is 0.977. The predicted molar refractivity (Wildman–Crippen MR) is 207 cm³/mol. The molecule has 5 aromatic rings. The predicted octanol–water partition coefficient (Wildman–Crippen LogP) is 11.4. The monoisotopic (exact) mass is 634 g/mol. The second-order valence-electron chi connectivity index (χ2n) is 14.4. The first-order chi connectivity index (χ1) is 24.1. The molecule has 0 aromatic heterocycles. The standard InChI is InChI=1S/C47H42N2/c1-47(2)44-19-11-9-17-40(44)41-30-29-39(31-45(41)47)49(37-15-7-4-8-16-37)38-27-23-34(24-28-38)33-21-25-36(26-22-33)48-32-43(35-13-5-3-6-14-35)42-18-10-12-20-46(42)48/h3-15,17-25,27-31,36-37,43H,16,26,32H2,1-2H3. The first-order valence-electron chi connectivity index (χ1n) is 17.8. The normalized spacial score (nSPS) is 21.2. The van der Waals surface area contributed by atoms with E-state index in [4.69, 9.17) is 0 Å². The highest BCUT2D eigenvalue weighted by molar-refractivity contribution is 5.84. The SMILES string of the molecule is CC1(C)c2ccccc2-c2ccc(N(c3ccc(C4=CCC(N5CC(c6ccccc6)c6ccccc65)C=C4)cc3)C3C=CC=CC3)cc21.